The van der Waals surface area contributed by atoms with Crippen molar-refractivity contribution in [2.24, 2.45) is 0 Å². The van der Waals surface area contributed by atoms with Gasteiger partial charge in [0.15, 0.2) is 0 Å². The number of hydrogen-bond acceptors (Lipinski definition) is 4. The zero-order valence-electron chi connectivity index (χ0n) is 12.3. The zero-order chi connectivity index (χ0) is 15.1. The van der Waals surface area contributed by atoms with Crippen LogP contribution in [0.15, 0.2) is 24.3 Å². The van der Waals surface area contributed by atoms with E-state index < -0.39 is 5.60 Å². The lowest BCUT2D eigenvalue weighted by atomic mass is 9.93. The number of nitrogens with zero attached hydrogens (tertiary/aromatic N) is 1. The van der Waals surface area contributed by atoms with Crippen LogP contribution in [-0.4, -0.2) is 52.1 Å². The van der Waals surface area contributed by atoms with Gasteiger partial charge >= 0.3 is 0 Å². The topological polar surface area (TPSA) is 63.9 Å². The molecule has 0 spiro atoms. The number of rotatable bonds is 4. The minimum atomic E-state index is -0.950. The molecule has 4 nitrogen and oxygen atoms in total. The zero-order valence-corrected chi connectivity index (χ0v) is 12.3. The molecule has 0 radical (unpaired) electrons. The molecule has 2 rings (SSSR count). The van der Waals surface area contributed by atoms with Crippen LogP contribution in [0, 0.1) is 11.8 Å². The molecule has 1 fully saturated rings. The van der Waals surface area contributed by atoms with Gasteiger partial charge in [0, 0.05) is 25.1 Å². The Bertz CT molecular complexity index is 503. The first-order valence-electron chi connectivity index (χ1n) is 7.39. The van der Waals surface area contributed by atoms with Crippen LogP contribution in [0.3, 0.4) is 0 Å². The third-order valence-corrected chi connectivity index (χ3v) is 3.76. The summed E-state index contributed by atoms with van der Waals surface area (Å²) in [6, 6.07) is 8.02. The van der Waals surface area contributed by atoms with Gasteiger partial charge in [-0.15, -0.1) is 0 Å². The van der Waals surface area contributed by atoms with Crippen molar-refractivity contribution in [2.75, 3.05) is 26.3 Å². The molecule has 1 saturated heterocycles. The van der Waals surface area contributed by atoms with Gasteiger partial charge in [-0.05, 0) is 37.1 Å². The summed E-state index contributed by atoms with van der Waals surface area (Å²) in [4.78, 5) is 2.17. The molecule has 1 atom stereocenters. The Hall–Kier alpha value is -1.38. The Kier molecular flexibility index (Phi) is 5.77. The molecular formula is C17H23NO3. The Morgan fingerprint density at radius 2 is 1.95 bits per heavy atom. The van der Waals surface area contributed by atoms with Crippen LogP contribution >= 0.6 is 0 Å². The average molecular weight is 289 g/mol. The fourth-order valence-corrected chi connectivity index (χ4v) is 2.64. The lowest BCUT2D eigenvalue weighted by molar-refractivity contribution is -0.0687. The Morgan fingerprint density at radius 1 is 1.19 bits per heavy atom. The molecule has 0 amide bonds. The van der Waals surface area contributed by atoms with E-state index in [-0.39, 0.29) is 13.2 Å². The smallest absolute Gasteiger partial charge is 0.100 e. The molecule has 0 aliphatic carbocycles. The van der Waals surface area contributed by atoms with E-state index in [0.717, 1.165) is 25.1 Å². The first-order chi connectivity index (χ1) is 10.1. The summed E-state index contributed by atoms with van der Waals surface area (Å²) < 4.78 is 0. The fraction of sp³-hybridized carbons (Fsp3) is 0.529. The number of likely N-dealkylation sites (tertiary alicyclic amines) is 1. The molecule has 114 valence electrons. The predicted molar refractivity (Wildman–Crippen MR) is 81.6 cm³/mol. The molecule has 1 aliphatic heterocycles. The number of benzene rings is 1. The van der Waals surface area contributed by atoms with Gasteiger partial charge in [-0.25, -0.2) is 0 Å². The second-order valence-electron chi connectivity index (χ2n) is 5.67. The van der Waals surface area contributed by atoms with Gasteiger partial charge in [0.25, 0.3) is 0 Å². The highest BCUT2D eigenvalue weighted by Crippen LogP contribution is 2.22. The molecular weight excluding hydrogens is 266 g/mol. The van der Waals surface area contributed by atoms with Crippen LogP contribution in [0.5, 0.6) is 0 Å². The summed E-state index contributed by atoms with van der Waals surface area (Å²) in [5.74, 6) is 5.90. The SMILES string of the molecule is OCCC#Cc1ccc(CN2CCCC(O)(CO)C2)cc1. The molecule has 1 aromatic carbocycles. The second kappa shape index (κ2) is 7.58. The molecule has 0 saturated carbocycles. The van der Waals surface area contributed by atoms with E-state index in [9.17, 15) is 10.2 Å². The Labute approximate surface area is 126 Å². The summed E-state index contributed by atoms with van der Waals surface area (Å²) in [5, 5.41) is 28.1. The minimum absolute atomic E-state index is 0.0911. The van der Waals surface area contributed by atoms with Crippen molar-refractivity contribution in [1.29, 1.82) is 0 Å². The minimum Gasteiger partial charge on any atom is -0.395 e. The average Bonchev–Trinajstić information content (AvgIpc) is 2.49. The lowest BCUT2D eigenvalue weighted by Crippen LogP contribution is -2.49. The molecule has 1 aliphatic rings. The van der Waals surface area contributed by atoms with E-state index in [0.29, 0.717) is 19.4 Å². The molecule has 1 unspecified atom stereocenters. The van der Waals surface area contributed by atoms with Crippen molar-refractivity contribution in [2.45, 2.75) is 31.4 Å². The second-order valence-corrected chi connectivity index (χ2v) is 5.67. The molecule has 1 heterocycles. The predicted octanol–water partition coefficient (Wildman–Crippen LogP) is 0.740. The first kappa shape index (κ1) is 16.0. The lowest BCUT2D eigenvalue weighted by Gasteiger charge is -2.38. The summed E-state index contributed by atoms with van der Waals surface area (Å²) in [5.41, 5.74) is 1.16. The fourth-order valence-electron chi connectivity index (χ4n) is 2.64. The van der Waals surface area contributed by atoms with Crippen LogP contribution in [0.2, 0.25) is 0 Å². The maximum absolute atomic E-state index is 10.2. The van der Waals surface area contributed by atoms with Crippen molar-refractivity contribution in [1.82, 2.24) is 4.90 Å². The van der Waals surface area contributed by atoms with Gasteiger partial charge in [0.1, 0.15) is 5.60 Å². The van der Waals surface area contributed by atoms with Crippen molar-refractivity contribution in [3.05, 3.63) is 35.4 Å². The molecule has 0 bridgehead atoms. The van der Waals surface area contributed by atoms with Gasteiger partial charge in [-0.2, -0.15) is 0 Å². The van der Waals surface area contributed by atoms with Gasteiger partial charge in [0.2, 0.25) is 0 Å². The first-order valence-corrected chi connectivity index (χ1v) is 7.39. The third kappa shape index (κ3) is 4.83. The normalized spacial score (nSPS) is 22.6. The highest BCUT2D eigenvalue weighted by molar-refractivity contribution is 5.36. The van der Waals surface area contributed by atoms with Gasteiger partial charge < -0.3 is 15.3 Å². The van der Waals surface area contributed by atoms with Crippen molar-refractivity contribution < 1.29 is 15.3 Å². The van der Waals surface area contributed by atoms with Gasteiger partial charge in [0.05, 0.1) is 13.2 Å². The molecule has 1 aromatic rings. The van der Waals surface area contributed by atoms with Crippen molar-refractivity contribution >= 4 is 0 Å². The number of aliphatic hydroxyl groups excluding tert-OH is 2. The highest BCUT2D eigenvalue weighted by Gasteiger charge is 2.32. The van der Waals surface area contributed by atoms with Crippen LogP contribution in [0.4, 0.5) is 0 Å². The number of aliphatic hydroxyl groups is 3. The standard InChI is InChI=1S/C17H23NO3/c19-11-2-1-4-15-5-7-16(8-6-15)12-18-10-3-9-17(21,13-18)14-20/h5-8,19-21H,2-3,9-14H2. The summed E-state index contributed by atoms with van der Waals surface area (Å²) in [6.45, 7) is 2.14. The number of piperidine rings is 1. The maximum Gasteiger partial charge on any atom is 0.100 e. The summed E-state index contributed by atoms with van der Waals surface area (Å²) >= 11 is 0. The van der Waals surface area contributed by atoms with E-state index in [1.807, 2.05) is 24.3 Å². The Morgan fingerprint density at radius 3 is 2.62 bits per heavy atom. The molecule has 3 N–H and O–H groups in total. The maximum atomic E-state index is 10.2. The van der Waals surface area contributed by atoms with Crippen LogP contribution in [0.1, 0.15) is 30.4 Å². The van der Waals surface area contributed by atoms with Crippen LogP contribution in [-0.2, 0) is 6.54 Å². The van der Waals surface area contributed by atoms with E-state index in [1.54, 1.807) is 0 Å². The molecule has 4 heteroatoms. The van der Waals surface area contributed by atoms with Crippen LogP contribution < -0.4 is 0 Å². The van der Waals surface area contributed by atoms with Crippen LogP contribution in [0.25, 0.3) is 0 Å². The van der Waals surface area contributed by atoms with E-state index in [1.165, 1.54) is 5.56 Å². The molecule has 0 aromatic heterocycles. The van der Waals surface area contributed by atoms with Crippen molar-refractivity contribution in [3.8, 4) is 11.8 Å². The van der Waals surface area contributed by atoms with E-state index in [4.69, 9.17) is 5.11 Å². The van der Waals surface area contributed by atoms with E-state index >= 15 is 0 Å². The number of hydrogen-bond donors (Lipinski definition) is 3. The summed E-state index contributed by atoms with van der Waals surface area (Å²) in [7, 11) is 0. The number of β-amino-alcohol motifs (C(OH)–C–C–N with tert-alkyl or cyclic N) is 1. The monoisotopic (exact) mass is 289 g/mol. The Balaban J connectivity index is 1.93. The van der Waals surface area contributed by atoms with Gasteiger partial charge in [-0.1, -0.05) is 24.0 Å². The van der Waals surface area contributed by atoms with Crippen molar-refractivity contribution in [3.63, 3.8) is 0 Å². The highest BCUT2D eigenvalue weighted by atomic mass is 16.3. The molecule has 21 heavy (non-hydrogen) atoms. The quantitative estimate of drug-likeness (QED) is 0.715. The van der Waals surface area contributed by atoms with E-state index in [2.05, 4.69) is 16.7 Å². The third-order valence-electron chi connectivity index (χ3n) is 3.76. The van der Waals surface area contributed by atoms with Gasteiger partial charge in [-0.3, -0.25) is 4.90 Å². The summed E-state index contributed by atoms with van der Waals surface area (Å²) in [6.07, 6.45) is 2.07. The largest absolute Gasteiger partial charge is 0.395 e.